The SMILES string of the molecule is CC(=O)Nc1cccc(NC(=O)CN(c2ccc(C)cc2)S(=O)(=O)c2ccc(F)cc2)c1. The molecule has 0 saturated heterocycles. The summed E-state index contributed by atoms with van der Waals surface area (Å²) in [5.41, 5.74) is 2.10. The third-order valence-corrected chi connectivity index (χ3v) is 6.27. The number of nitrogens with one attached hydrogen (secondary N) is 2. The molecule has 0 aliphatic rings. The second kappa shape index (κ2) is 9.61. The van der Waals surface area contributed by atoms with Crippen molar-refractivity contribution in [3.63, 3.8) is 0 Å². The van der Waals surface area contributed by atoms with Crippen LogP contribution in [0.15, 0.2) is 77.7 Å². The highest BCUT2D eigenvalue weighted by Gasteiger charge is 2.27. The number of nitrogens with zero attached hydrogens (tertiary/aromatic N) is 1. The molecule has 7 nitrogen and oxygen atoms in total. The third kappa shape index (κ3) is 5.70. The van der Waals surface area contributed by atoms with Crippen molar-refractivity contribution in [2.24, 2.45) is 0 Å². The van der Waals surface area contributed by atoms with E-state index in [-0.39, 0.29) is 10.8 Å². The summed E-state index contributed by atoms with van der Waals surface area (Å²) < 4.78 is 40.8. The molecule has 3 aromatic rings. The lowest BCUT2D eigenvalue weighted by Crippen LogP contribution is -2.38. The Morgan fingerprint density at radius 1 is 0.906 bits per heavy atom. The Balaban J connectivity index is 1.89. The number of hydrogen-bond acceptors (Lipinski definition) is 4. The summed E-state index contributed by atoms with van der Waals surface area (Å²) in [5, 5.41) is 5.26. The average Bonchev–Trinajstić information content (AvgIpc) is 2.73. The van der Waals surface area contributed by atoms with Crippen molar-refractivity contribution >= 4 is 38.9 Å². The molecular formula is C23H22FN3O4S. The normalized spacial score (nSPS) is 11.0. The monoisotopic (exact) mass is 455 g/mol. The minimum Gasteiger partial charge on any atom is -0.326 e. The number of carbonyl (C=O) groups excluding carboxylic acids is 2. The zero-order chi connectivity index (χ0) is 23.3. The number of benzene rings is 3. The molecule has 3 rings (SSSR count). The lowest BCUT2D eigenvalue weighted by Gasteiger charge is -2.24. The van der Waals surface area contributed by atoms with Crippen molar-refractivity contribution in [3.8, 4) is 0 Å². The highest BCUT2D eigenvalue weighted by atomic mass is 32.2. The fourth-order valence-corrected chi connectivity index (χ4v) is 4.39. The second-order valence-corrected chi connectivity index (χ2v) is 8.97. The van der Waals surface area contributed by atoms with Gasteiger partial charge in [0.2, 0.25) is 11.8 Å². The molecule has 0 unspecified atom stereocenters. The highest BCUT2D eigenvalue weighted by Crippen LogP contribution is 2.25. The van der Waals surface area contributed by atoms with E-state index in [4.69, 9.17) is 0 Å². The number of amides is 2. The predicted molar refractivity (Wildman–Crippen MR) is 121 cm³/mol. The predicted octanol–water partition coefficient (Wildman–Crippen LogP) is 3.93. The molecular weight excluding hydrogens is 433 g/mol. The minimum atomic E-state index is -4.15. The van der Waals surface area contributed by atoms with Gasteiger partial charge in [-0.25, -0.2) is 12.8 Å². The minimum absolute atomic E-state index is 0.139. The molecule has 166 valence electrons. The molecule has 0 aliphatic heterocycles. The van der Waals surface area contributed by atoms with Gasteiger partial charge in [-0.3, -0.25) is 13.9 Å². The van der Waals surface area contributed by atoms with E-state index >= 15 is 0 Å². The van der Waals surface area contributed by atoms with Gasteiger partial charge in [0.05, 0.1) is 10.6 Å². The van der Waals surface area contributed by atoms with Crippen LogP contribution in [0.25, 0.3) is 0 Å². The molecule has 9 heteroatoms. The lowest BCUT2D eigenvalue weighted by molar-refractivity contribution is -0.115. The summed E-state index contributed by atoms with van der Waals surface area (Å²) in [4.78, 5) is 23.9. The number of anilines is 3. The molecule has 3 aromatic carbocycles. The Hall–Kier alpha value is -3.72. The zero-order valence-electron chi connectivity index (χ0n) is 17.5. The fraction of sp³-hybridized carbons (Fsp3) is 0.130. The summed E-state index contributed by atoms with van der Waals surface area (Å²) in [6.45, 7) is 2.72. The van der Waals surface area contributed by atoms with Crippen molar-refractivity contribution in [2.45, 2.75) is 18.7 Å². The fourth-order valence-electron chi connectivity index (χ4n) is 2.97. The van der Waals surface area contributed by atoms with E-state index < -0.39 is 28.3 Å². The largest absolute Gasteiger partial charge is 0.326 e. The number of halogens is 1. The Bertz CT molecular complexity index is 1230. The Kier molecular flexibility index (Phi) is 6.89. The second-order valence-electron chi connectivity index (χ2n) is 7.11. The average molecular weight is 456 g/mol. The van der Waals surface area contributed by atoms with Crippen LogP contribution in [-0.2, 0) is 19.6 Å². The van der Waals surface area contributed by atoms with E-state index in [9.17, 15) is 22.4 Å². The molecule has 0 fully saturated rings. The molecule has 0 saturated carbocycles. The van der Waals surface area contributed by atoms with Crippen molar-refractivity contribution in [3.05, 3.63) is 84.2 Å². The van der Waals surface area contributed by atoms with Gasteiger partial charge in [0.25, 0.3) is 10.0 Å². The first kappa shape index (κ1) is 23.0. The molecule has 0 heterocycles. The van der Waals surface area contributed by atoms with Crippen LogP contribution in [0.5, 0.6) is 0 Å². The lowest BCUT2D eigenvalue weighted by atomic mass is 10.2. The van der Waals surface area contributed by atoms with Crippen LogP contribution in [0.2, 0.25) is 0 Å². The van der Waals surface area contributed by atoms with Gasteiger partial charge < -0.3 is 10.6 Å². The van der Waals surface area contributed by atoms with Gasteiger partial charge in [-0.1, -0.05) is 23.8 Å². The van der Waals surface area contributed by atoms with Gasteiger partial charge in [-0.05, 0) is 61.5 Å². The maximum absolute atomic E-state index is 13.3. The van der Waals surface area contributed by atoms with Crippen molar-refractivity contribution in [2.75, 3.05) is 21.5 Å². The molecule has 0 spiro atoms. The van der Waals surface area contributed by atoms with E-state index in [1.165, 1.54) is 6.92 Å². The van der Waals surface area contributed by atoms with Crippen LogP contribution in [0, 0.1) is 12.7 Å². The number of carbonyl (C=O) groups is 2. The molecule has 0 radical (unpaired) electrons. The maximum atomic E-state index is 13.3. The van der Waals surface area contributed by atoms with E-state index in [1.54, 1.807) is 48.5 Å². The van der Waals surface area contributed by atoms with Crippen LogP contribution in [0.3, 0.4) is 0 Å². The van der Waals surface area contributed by atoms with Gasteiger partial charge in [0.1, 0.15) is 12.4 Å². The topological polar surface area (TPSA) is 95.6 Å². The van der Waals surface area contributed by atoms with Gasteiger partial charge in [-0.15, -0.1) is 0 Å². The first-order valence-corrected chi connectivity index (χ1v) is 11.1. The van der Waals surface area contributed by atoms with Crippen molar-refractivity contribution < 1.29 is 22.4 Å². The van der Waals surface area contributed by atoms with Gasteiger partial charge in [-0.2, -0.15) is 0 Å². The number of hydrogen-bond donors (Lipinski definition) is 2. The van der Waals surface area contributed by atoms with Gasteiger partial charge >= 0.3 is 0 Å². The van der Waals surface area contributed by atoms with Gasteiger partial charge in [0, 0.05) is 18.3 Å². The molecule has 0 atom stereocenters. The molecule has 2 N–H and O–H groups in total. The highest BCUT2D eigenvalue weighted by molar-refractivity contribution is 7.92. The molecule has 0 bridgehead atoms. The summed E-state index contributed by atoms with van der Waals surface area (Å²) in [5.74, 6) is -1.41. The molecule has 0 aliphatic carbocycles. The molecule has 2 amide bonds. The van der Waals surface area contributed by atoms with Gasteiger partial charge in [0.15, 0.2) is 0 Å². The van der Waals surface area contributed by atoms with Crippen LogP contribution >= 0.6 is 0 Å². The summed E-state index contributed by atoms with van der Waals surface area (Å²) >= 11 is 0. The number of rotatable bonds is 7. The first-order chi connectivity index (χ1) is 15.1. The number of sulfonamides is 1. The summed E-state index contributed by atoms with van der Waals surface area (Å²) in [7, 11) is -4.15. The number of aryl methyl sites for hydroxylation is 1. The molecule has 32 heavy (non-hydrogen) atoms. The van der Waals surface area contributed by atoms with Crippen LogP contribution in [0.1, 0.15) is 12.5 Å². The zero-order valence-corrected chi connectivity index (χ0v) is 18.3. The van der Waals surface area contributed by atoms with Crippen molar-refractivity contribution in [1.29, 1.82) is 0 Å². The standard InChI is InChI=1S/C23H22FN3O4S/c1-16-6-10-21(11-7-16)27(32(30,31)22-12-8-18(24)9-13-22)15-23(29)26-20-5-3-4-19(14-20)25-17(2)28/h3-14H,15H2,1-2H3,(H,25,28)(H,26,29). The first-order valence-electron chi connectivity index (χ1n) is 9.67. The Morgan fingerprint density at radius 2 is 1.50 bits per heavy atom. The summed E-state index contributed by atoms with van der Waals surface area (Å²) in [6, 6.07) is 17.6. The summed E-state index contributed by atoms with van der Waals surface area (Å²) in [6.07, 6.45) is 0. The van der Waals surface area contributed by atoms with Crippen molar-refractivity contribution in [1.82, 2.24) is 0 Å². The Morgan fingerprint density at radius 3 is 2.09 bits per heavy atom. The van der Waals surface area contributed by atoms with E-state index in [0.717, 1.165) is 34.1 Å². The third-order valence-electron chi connectivity index (χ3n) is 4.48. The van der Waals surface area contributed by atoms with Crippen LogP contribution in [-0.4, -0.2) is 26.8 Å². The maximum Gasteiger partial charge on any atom is 0.264 e. The van der Waals surface area contributed by atoms with Crippen LogP contribution in [0.4, 0.5) is 21.5 Å². The Labute approximate surface area is 185 Å². The smallest absolute Gasteiger partial charge is 0.264 e. The van der Waals surface area contributed by atoms with E-state index in [0.29, 0.717) is 17.1 Å². The van der Waals surface area contributed by atoms with Crippen LogP contribution < -0.4 is 14.9 Å². The van der Waals surface area contributed by atoms with E-state index in [2.05, 4.69) is 10.6 Å². The molecule has 0 aromatic heterocycles. The quantitative estimate of drug-likeness (QED) is 0.564. The van der Waals surface area contributed by atoms with E-state index in [1.807, 2.05) is 6.92 Å².